The summed E-state index contributed by atoms with van der Waals surface area (Å²) in [5.41, 5.74) is 1.89. The van der Waals surface area contributed by atoms with Gasteiger partial charge in [-0.2, -0.15) is 0 Å². The van der Waals surface area contributed by atoms with Crippen molar-refractivity contribution in [2.45, 2.75) is 19.8 Å². The van der Waals surface area contributed by atoms with E-state index in [0.717, 1.165) is 49.7 Å². The van der Waals surface area contributed by atoms with Crippen molar-refractivity contribution in [3.05, 3.63) is 23.8 Å². The van der Waals surface area contributed by atoms with Crippen LogP contribution in [0.1, 0.15) is 18.4 Å². The molecule has 0 atom stereocenters. The quantitative estimate of drug-likeness (QED) is 0.767. The lowest BCUT2D eigenvalue weighted by Crippen LogP contribution is -2.47. The minimum Gasteiger partial charge on any atom is -0.482 e. The van der Waals surface area contributed by atoms with E-state index in [1.54, 1.807) is 4.90 Å². The lowest BCUT2D eigenvalue weighted by Gasteiger charge is -2.32. The third-order valence-electron chi connectivity index (χ3n) is 5.19. The first-order valence-corrected chi connectivity index (χ1v) is 9.74. The van der Waals surface area contributed by atoms with Crippen LogP contribution in [-0.4, -0.2) is 81.1 Å². The Labute approximate surface area is 161 Å². The molecular formula is C20H30N4O3. The molecule has 0 spiro atoms. The lowest BCUT2D eigenvalue weighted by molar-refractivity contribution is -0.122. The van der Waals surface area contributed by atoms with Gasteiger partial charge in [0, 0.05) is 52.2 Å². The average molecular weight is 374 g/mol. The van der Waals surface area contributed by atoms with E-state index in [1.165, 1.54) is 0 Å². The molecule has 1 saturated heterocycles. The second-order valence-corrected chi connectivity index (χ2v) is 7.40. The topological polar surface area (TPSA) is 65.1 Å². The fourth-order valence-electron chi connectivity index (χ4n) is 3.47. The van der Waals surface area contributed by atoms with Crippen molar-refractivity contribution in [3.8, 4) is 5.75 Å². The van der Waals surface area contributed by atoms with Crippen LogP contribution in [0.5, 0.6) is 5.75 Å². The number of carbonyl (C=O) groups excluding carboxylic acids is 2. The van der Waals surface area contributed by atoms with Crippen LogP contribution in [0.3, 0.4) is 0 Å². The third kappa shape index (κ3) is 5.43. The molecule has 0 unspecified atom stereocenters. The van der Waals surface area contributed by atoms with Gasteiger partial charge in [0.2, 0.25) is 5.91 Å². The zero-order valence-corrected chi connectivity index (χ0v) is 16.4. The van der Waals surface area contributed by atoms with Crippen LogP contribution in [0.15, 0.2) is 18.2 Å². The van der Waals surface area contributed by atoms with Gasteiger partial charge in [-0.25, -0.2) is 0 Å². The minimum absolute atomic E-state index is 0.0503. The van der Waals surface area contributed by atoms with Gasteiger partial charge in [-0.1, -0.05) is 6.07 Å². The van der Waals surface area contributed by atoms with Crippen LogP contribution in [0.25, 0.3) is 0 Å². The molecule has 1 aromatic rings. The fraction of sp³-hybridized carbons (Fsp3) is 0.600. The summed E-state index contributed by atoms with van der Waals surface area (Å²) in [5, 5.41) is 3.00. The summed E-state index contributed by atoms with van der Waals surface area (Å²) < 4.78 is 5.49. The van der Waals surface area contributed by atoms with E-state index in [1.807, 2.05) is 25.1 Å². The summed E-state index contributed by atoms with van der Waals surface area (Å²) in [6.07, 6.45) is 1.06. The molecule has 1 N–H and O–H groups in total. The number of piperazine rings is 1. The van der Waals surface area contributed by atoms with E-state index in [-0.39, 0.29) is 18.4 Å². The number of anilines is 1. The van der Waals surface area contributed by atoms with Crippen molar-refractivity contribution in [2.24, 2.45) is 0 Å². The Morgan fingerprint density at radius 3 is 2.74 bits per heavy atom. The van der Waals surface area contributed by atoms with Crippen LogP contribution in [0.2, 0.25) is 0 Å². The van der Waals surface area contributed by atoms with Crippen LogP contribution < -0.4 is 15.0 Å². The Morgan fingerprint density at radius 2 is 1.96 bits per heavy atom. The Hall–Kier alpha value is -2.12. The highest BCUT2D eigenvalue weighted by Gasteiger charge is 2.25. The molecular weight excluding hydrogens is 344 g/mol. The van der Waals surface area contributed by atoms with Gasteiger partial charge in [0.15, 0.2) is 6.61 Å². The average Bonchev–Trinajstić information content (AvgIpc) is 2.65. The van der Waals surface area contributed by atoms with Crippen molar-refractivity contribution in [3.63, 3.8) is 0 Å². The van der Waals surface area contributed by atoms with Gasteiger partial charge in [-0.3, -0.25) is 14.5 Å². The number of aryl methyl sites for hydroxylation is 1. The molecule has 27 heavy (non-hydrogen) atoms. The summed E-state index contributed by atoms with van der Waals surface area (Å²) in [7, 11) is 2.14. The van der Waals surface area contributed by atoms with Gasteiger partial charge in [0.25, 0.3) is 5.91 Å². The maximum Gasteiger partial charge on any atom is 0.265 e. The van der Waals surface area contributed by atoms with Crippen molar-refractivity contribution in [2.75, 3.05) is 64.4 Å². The van der Waals surface area contributed by atoms with Gasteiger partial charge in [-0.05, 0) is 38.1 Å². The highest BCUT2D eigenvalue weighted by Crippen LogP contribution is 2.32. The number of nitrogens with one attached hydrogen (secondary N) is 1. The Morgan fingerprint density at radius 1 is 1.19 bits per heavy atom. The van der Waals surface area contributed by atoms with Gasteiger partial charge >= 0.3 is 0 Å². The van der Waals surface area contributed by atoms with E-state index < -0.39 is 0 Å². The SMILES string of the molecule is Cc1ccc2c(c1)N(CCCC(=O)NCCN1CCN(C)CC1)C(=O)CO2. The zero-order chi connectivity index (χ0) is 19.2. The van der Waals surface area contributed by atoms with Crippen molar-refractivity contribution >= 4 is 17.5 Å². The van der Waals surface area contributed by atoms with Crippen molar-refractivity contribution in [1.29, 1.82) is 0 Å². The first-order valence-electron chi connectivity index (χ1n) is 9.74. The normalized spacial score (nSPS) is 18.1. The second kappa shape index (κ2) is 9.19. The number of nitrogens with zero attached hydrogens (tertiary/aromatic N) is 3. The number of benzene rings is 1. The lowest BCUT2D eigenvalue weighted by atomic mass is 10.1. The van der Waals surface area contributed by atoms with E-state index >= 15 is 0 Å². The van der Waals surface area contributed by atoms with Gasteiger partial charge < -0.3 is 19.9 Å². The maximum atomic E-state index is 12.2. The fourth-order valence-corrected chi connectivity index (χ4v) is 3.47. The molecule has 0 saturated carbocycles. The number of fused-ring (bicyclic) bond motifs is 1. The molecule has 148 valence electrons. The number of likely N-dealkylation sites (N-methyl/N-ethyl adjacent to an activating group) is 1. The number of hydrogen-bond donors (Lipinski definition) is 1. The van der Waals surface area contributed by atoms with Crippen LogP contribution in [-0.2, 0) is 9.59 Å². The zero-order valence-electron chi connectivity index (χ0n) is 16.4. The molecule has 0 aromatic heterocycles. The van der Waals surface area contributed by atoms with E-state index in [4.69, 9.17) is 4.74 Å². The molecule has 7 nitrogen and oxygen atoms in total. The van der Waals surface area contributed by atoms with Gasteiger partial charge in [-0.15, -0.1) is 0 Å². The minimum atomic E-state index is -0.0522. The van der Waals surface area contributed by atoms with E-state index in [9.17, 15) is 9.59 Å². The van der Waals surface area contributed by atoms with E-state index in [0.29, 0.717) is 25.9 Å². The van der Waals surface area contributed by atoms with Crippen LogP contribution in [0, 0.1) is 6.92 Å². The number of ether oxygens (including phenoxy) is 1. The third-order valence-corrected chi connectivity index (χ3v) is 5.19. The number of amides is 2. The monoisotopic (exact) mass is 374 g/mol. The molecule has 0 radical (unpaired) electrons. The molecule has 3 rings (SSSR count). The Balaban J connectivity index is 1.39. The molecule has 2 aliphatic heterocycles. The van der Waals surface area contributed by atoms with E-state index in [2.05, 4.69) is 22.2 Å². The van der Waals surface area contributed by atoms with Crippen molar-refractivity contribution < 1.29 is 14.3 Å². The highest BCUT2D eigenvalue weighted by atomic mass is 16.5. The second-order valence-electron chi connectivity index (χ2n) is 7.40. The van der Waals surface area contributed by atoms with Crippen LogP contribution in [0.4, 0.5) is 5.69 Å². The summed E-state index contributed by atoms with van der Waals surface area (Å²) in [6, 6.07) is 5.83. The Bertz CT molecular complexity index is 671. The summed E-state index contributed by atoms with van der Waals surface area (Å²) >= 11 is 0. The first-order chi connectivity index (χ1) is 13.0. The number of carbonyl (C=O) groups is 2. The number of hydrogen-bond acceptors (Lipinski definition) is 5. The summed E-state index contributed by atoms with van der Waals surface area (Å²) in [5.74, 6) is 0.731. The molecule has 0 aliphatic carbocycles. The van der Waals surface area contributed by atoms with Crippen molar-refractivity contribution in [1.82, 2.24) is 15.1 Å². The molecule has 0 bridgehead atoms. The highest BCUT2D eigenvalue weighted by molar-refractivity contribution is 5.97. The summed E-state index contributed by atoms with van der Waals surface area (Å²) in [6.45, 7) is 8.46. The first kappa shape index (κ1) is 19.6. The number of rotatable bonds is 7. The molecule has 2 aliphatic rings. The van der Waals surface area contributed by atoms with Gasteiger partial charge in [0.05, 0.1) is 5.69 Å². The van der Waals surface area contributed by atoms with Gasteiger partial charge in [0.1, 0.15) is 5.75 Å². The maximum absolute atomic E-state index is 12.2. The smallest absolute Gasteiger partial charge is 0.265 e. The molecule has 2 amide bonds. The largest absolute Gasteiger partial charge is 0.482 e. The van der Waals surface area contributed by atoms with Crippen LogP contribution >= 0.6 is 0 Å². The summed E-state index contributed by atoms with van der Waals surface area (Å²) in [4.78, 5) is 30.7. The molecule has 1 aromatic carbocycles. The predicted octanol–water partition coefficient (Wildman–Crippen LogP) is 0.864. The molecule has 7 heteroatoms. The molecule has 2 heterocycles. The predicted molar refractivity (Wildman–Crippen MR) is 105 cm³/mol. The standard InChI is InChI=1S/C20H30N4O3/c1-16-5-6-18-17(14-16)24(20(26)15-27-18)8-3-4-19(25)21-7-9-23-12-10-22(2)11-13-23/h5-6,14H,3-4,7-13,15H2,1-2H3,(H,21,25). The Kier molecular flexibility index (Phi) is 6.68. The molecule has 1 fully saturated rings.